The van der Waals surface area contributed by atoms with Crippen LogP contribution in [-0.2, 0) is 5.41 Å². The summed E-state index contributed by atoms with van der Waals surface area (Å²) >= 11 is 6.00. The molecule has 0 aliphatic heterocycles. The van der Waals surface area contributed by atoms with E-state index in [9.17, 15) is 4.79 Å². The molecule has 1 heterocycles. The van der Waals surface area contributed by atoms with Crippen LogP contribution in [0.1, 0.15) is 57.1 Å². The molecule has 0 saturated carbocycles. The van der Waals surface area contributed by atoms with E-state index in [1.807, 2.05) is 26.8 Å². The lowest BCUT2D eigenvalue weighted by atomic mass is 9.91. The molecule has 1 amide bonds. The van der Waals surface area contributed by atoms with Gasteiger partial charge in [0.05, 0.1) is 0 Å². The summed E-state index contributed by atoms with van der Waals surface area (Å²) < 4.78 is 0. The van der Waals surface area contributed by atoms with E-state index in [-0.39, 0.29) is 11.3 Å². The normalized spacial score (nSPS) is 13.2. The van der Waals surface area contributed by atoms with Gasteiger partial charge < -0.3 is 5.32 Å². The van der Waals surface area contributed by atoms with Gasteiger partial charge in [0.2, 0.25) is 0 Å². The number of aromatic nitrogens is 1. The summed E-state index contributed by atoms with van der Waals surface area (Å²) in [6, 6.07) is 3.43. The smallest absolute Gasteiger partial charge is 0.251 e. The Hall–Kier alpha value is -1.09. The van der Waals surface area contributed by atoms with Gasteiger partial charge in [-0.05, 0) is 18.1 Å². The number of amides is 1. The van der Waals surface area contributed by atoms with E-state index in [0.29, 0.717) is 23.2 Å². The highest BCUT2D eigenvalue weighted by atomic mass is 35.5. The Morgan fingerprint density at radius 2 is 2.05 bits per heavy atom. The van der Waals surface area contributed by atoms with Crippen molar-refractivity contribution in [1.29, 1.82) is 0 Å². The molecule has 1 N–H and O–H groups in total. The Bertz CT molecular complexity index is 452. The molecule has 1 aromatic rings. The number of hydrogen-bond acceptors (Lipinski definition) is 2. The molecular formula is C15H23ClN2O. The average Bonchev–Trinajstić information content (AvgIpc) is 2.33. The first-order valence-corrected chi connectivity index (χ1v) is 7.08. The highest BCUT2D eigenvalue weighted by Crippen LogP contribution is 2.23. The van der Waals surface area contributed by atoms with Crippen molar-refractivity contribution in [2.24, 2.45) is 5.92 Å². The quantitative estimate of drug-likeness (QED) is 0.853. The summed E-state index contributed by atoms with van der Waals surface area (Å²) in [5.41, 5.74) is 1.28. The van der Waals surface area contributed by atoms with Crippen LogP contribution < -0.4 is 5.32 Å². The minimum absolute atomic E-state index is 0.0879. The van der Waals surface area contributed by atoms with Gasteiger partial charge in [0.1, 0.15) is 5.15 Å². The van der Waals surface area contributed by atoms with E-state index < -0.39 is 0 Å². The van der Waals surface area contributed by atoms with Crippen LogP contribution in [-0.4, -0.2) is 17.4 Å². The molecule has 1 atom stereocenters. The summed E-state index contributed by atoms with van der Waals surface area (Å²) in [5.74, 6) is 0.387. The van der Waals surface area contributed by atoms with Gasteiger partial charge in [-0.2, -0.15) is 0 Å². The van der Waals surface area contributed by atoms with Gasteiger partial charge in [-0.3, -0.25) is 4.79 Å². The van der Waals surface area contributed by atoms with Gasteiger partial charge >= 0.3 is 0 Å². The van der Waals surface area contributed by atoms with Crippen molar-refractivity contribution in [3.05, 3.63) is 28.5 Å². The van der Waals surface area contributed by atoms with E-state index >= 15 is 0 Å². The molecule has 1 rings (SSSR count). The number of pyridine rings is 1. The van der Waals surface area contributed by atoms with Crippen LogP contribution in [0, 0.1) is 5.92 Å². The highest BCUT2D eigenvalue weighted by molar-refractivity contribution is 6.29. The molecule has 4 heteroatoms. The lowest BCUT2D eigenvalue weighted by Crippen LogP contribution is -2.28. The van der Waals surface area contributed by atoms with E-state index in [4.69, 9.17) is 11.6 Å². The number of carbonyl (C=O) groups is 1. The van der Waals surface area contributed by atoms with Crippen LogP contribution in [0.15, 0.2) is 12.1 Å². The third-order valence-electron chi connectivity index (χ3n) is 3.13. The zero-order valence-electron chi connectivity index (χ0n) is 12.4. The molecule has 0 fully saturated rings. The van der Waals surface area contributed by atoms with Crippen molar-refractivity contribution < 1.29 is 4.79 Å². The Morgan fingerprint density at radius 1 is 1.42 bits per heavy atom. The Labute approximate surface area is 120 Å². The summed E-state index contributed by atoms with van der Waals surface area (Å²) in [4.78, 5) is 16.4. The van der Waals surface area contributed by atoms with Crippen molar-refractivity contribution in [1.82, 2.24) is 10.3 Å². The minimum atomic E-state index is -0.128. The number of rotatable bonds is 4. The fourth-order valence-corrected chi connectivity index (χ4v) is 1.73. The molecule has 1 aromatic heterocycles. The molecule has 0 bridgehead atoms. The maximum atomic E-state index is 12.1. The third-order valence-corrected chi connectivity index (χ3v) is 3.33. The third kappa shape index (κ3) is 4.83. The first-order valence-electron chi connectivity index (χ1n) is 6.70. The molecule has 1 unspecified atom stereocenters. The number of nitrogens with one attached hydrogen (secondary N) is 1. The van der Waals surface area contributed by atoms with Crippen LogP contribution in [0.5, 0.6) is 0 Å². The molecule has 0 aliphatic carbocycles. The van der Waals surface area contributed by atoms with Gasteiger partial charge in [0.15, 0.2) is 0 Å². The van der Waals surface area contributed by atoms with Crippen molar-refractivity contribution in [3.63, 3.8) is 0 Å². The van der Waals surface area contributed by atoms with E-state index in [1.165, 1.54) is 0 Å². The molecule has 19 heavy (non-hydrogen) atoms. The second-order valence-electron chi connectivity index (χ2n) is 6.04. The maximum absolute atomic E-state index is 12.1. The van der Waals surface area contributed by atoms with E-state index in [2.05, 4.69) is 24.1 Å². The minimum Gasteiger partial charge on any atom is -0.352 e. The van der Waals surface area contributed by atoms with Crippen molar-refractivity contribution in [2.75, 3.05) is 6.54 Å². The standard InChI is InChI=1S/C15H23ClN2O/c1-6-10(2)9-17-14(19)11-7-12(15(3,4)5)18-13(16)8-11/h7-8,10H,6,9H2,1-5H3,(H,17,19). The predicted molar refractivity (Wildman–Crippen MR) is 79.7 cm³/mol. The molecule has 0 radical (unpaired) electrons. The fourth-order valence-electron chi connectivity index (χ4n) is 1.53. The first-order chi connectivity index (χ1) is 8.74. The highest BCUT2D eigenvalue weighted by Gasteiger charge is 2.19. The van der Waals surface area contributed by atoms with Gasteiger partial charge in [-0.25, -0.2) is 4.98 Å². The predicted octanol–water partition coefficient (Wildman–Crippen LogP) is 3.81. The number of carbonyl (C=O) groups excluding carboxylic acids is 1. The first kappa shape index (κ1) is 16.0. The topological polar surface area (TPSA) is 42.0 Å². The summed E-state index contributed by atoms with van der Waals surface area (Å²) in [6.45, 7) is 11.0. The second-order valence-corrected chi connectivity index (χ2v) is 6.42. The van der Waals surface area contributed by atoms with Crippen LogP contribution >= 0.6 is 11.6 Å². The molecule has 0 aromatic carbocycles. The molecular weight excluding hydrogens is 260 g/mol. The van der Waals surface area contributed by atoms with Crippen LogP contribution in [0.4, 0.5) is 0 Å². The number of hydrogen-bond donors (Lipinski definition) is 1. The Kier molecular flexibility index (Phi) is 5.36. The van der Waals surface area contributed by atoms with Crippen LogP contribution in [0.2, 0.25) is 5.15 Å². The molecule has 0 aliphatic rings. The molecule has 106 valence electrons. The monoisotopic (exact) mass is 282 g/mol. The summed E-state index contributed by atoms with van der Waals surface area (Å²) in [7, 11) is 0. The lowest BCUT2D eigenvalue weighted by molar-refractivity contribution is 0.0947. The van der Waals surface area contributed by atoms with Crippen LogP contribution in [0.25, 0.3) is 0 Å². The van der Waals surface area contributed by atoms with Crippen molar-refractivity contribution >= 4 is 17.5 Å². The average molecular weight is 283 g/mol. The van der Waals surface area contributed by atoms with Gasteiger partial charge in [0, 0.05) is 23.2 Å². The van der Waals surface area contributed by atoms with Gasteiger partial charge in [0.25, 0.3) is 5.91 Å². The molecule has 0 saturated heterocycles. The van der Waals surface area contributed by atoms with Gasteiger partial charge in [-0.15, -0.1) is 0 Å². The number of nitrogens with zero attached hydrogens (tertiary/aromatic N) is 1. The fraction of sp³-hybridized carbons (Fsp3) is 0.600. The Balaban J connectivity index is 2.89. The van der Waals surface area contributed by atoms with E-state index in [1.54, 1.807) is 6.07 Å². The van der Waals surface area contributed by atoms with Crippen molar-refractivity contribution in [3.8, 4) is 0 Å². The van der Waals surface area contributed by atoms with Gasteiger partial charge in [-0.1, -0.05) is 52.6 Å². The molecule has 0 spiro atoms. The zero-order valence-corrected chi connectivity index (χ0v) is 13.1. The lowest BCUT2D eigenvalue weighted by Gasteiger charge is -2.19. The second kappa shape index (κ2) is 6.38. The maximum Gasteiger partial charge on any atom is 0.251 e. The largest absolute Gasteiger partial charge is 0.352 e. The van der Waals surface area contributed by atoms with E-state index in [0.717, 1.165) is 12.1 Å². The summed E-state index contributed by atoms with van der Waals surface area (Å²) in [6.07, 6.45) is 1.05. The summed E-state index contributed by atoms with van der Waals surface area (Å²) in [5, 5.41) is 3.29. The Morgan fingerprint density at radius 3 is 2.58 bits per heavy atom. The SMILES string of the molecule is CCC(C)CNC(=O)c1cc(Cl)nc(C(C)(C)C)c1. The van der Waals surface area contributed by atoms with Crippen LogP contribution in [0.3, 0.4) is 0 Å². The molecule has 3 nitrogen and oxygen atoms in total. The number of halogens is 1. The zero-order chi connectivity index (χ0) is 14.6. The van der Waals surface area contributed by atoms with Crippen molar-refractivity contribution in [2.45, 2.75) is 46.5 Å².